The van der Waals surface area contributed by atoms with Gasteiger partial charge in [-0.2, -0.15) is 0 Å². The number of methoxy groups -OCH3 is 1. The van der Waals surface area contributed by atoms with Gasteiger partial charge in [-0.15, -0.1) is 0 Å². The number of carbonyl (C=O) groups is 1. The van der Waals surface area contributed by atoms with Gasteiger partial charge < -0.3 is 15.4 Å². The van der Waals surface area contributed by atoms with Crippen molar-refractivity contribution in [2.24, 2.45) is 5.73 Å². The van der Waals surface area contributed by atoms with E-state index in [1.165, 1.54) is 7.11 Å². The summed E-state index contributed by atoms with van der Waals surface area (Å²) < 4.78 is 4.61. The molecule has 100 valence electrons. The van der Waals surface area contributed by atoms with Crippen LogP contribution in [0.3, 0.4) is 0 Å². The first-order chi connectivity index (χ1) is 8.04. The fourth-order valence-electron chi connectivity index (χ4n) is 2.09. The van der Waals surface area contributed by atoms with E-state index in [2.05, 4.69) is 28.4 Å². The molecule has 0 saturated carbocycles. The molecule has 0 aromatic carbocycles. The maximum atomic E-state index is 11.2. The topological polar surface area (TPSA) is 58.8 Å². The number of nitrogens with two attached hydrogens (primary N) is 1. The zero-order valence-corrected chi connectivity index (χ0v) is 11.2. The second-order valence-corrected chi connectivity index (χ2v) is 4.89. The van der Waals surface area contributed by atoms with Crippen molar-refractivity contribution in [2.75, 3.05) is 39.8 Å². The zero-order chi connectivity index (χ0) is 12.8. The Morgan fingerprint density at radius 2 is 1.88 bits per heavy atom. The highest BCUT2D eigenvalue weighted by molar-refractivity contribution is 5.75. The normalized spacial score (nSPS) is 20.5. The summed E-state index contributed by atoms with van der Waals surface area (Å²) in [5.41, 5.74) is 5.71. The summed E-state index contributed by atoms with van der Waals surface area (Å²) in [6, 6.07) is 0.137. The van der Waals surface area contributed by atoms with Gasteiger partial charge in [-0.05, 0) is 20.3 Å². The van der Waals surface area contributed by atoms with E-state index in [4.69, 9.17) is 5.73 Å². The van der Waals surface area contributed by atoms with Crippen molar-refractivity contribution < 1.29 is 9.53 Å². The number of esters is 1. The van der Waals surface area contributed by atoms with Gasteiger partial charge in [0.2, 0.25) is 0 Å². The van der Waals surface area contributed by atoms with Crippen LogP contribution >= 0.6 is 0 Å². The fourth-order valence-corrected chi connectivity index (χ4v) is 2.09. The SMILES string of the molecule is COC(=O)C(N)CCN1CCN(C(C)C)CC1. The lowest BCUT2D eigenvalue weighted by atomic mass is 10.2. The number of carbonyl (C=O) groups excluding carboxylic acids is 1. The Morgan fingerprint density at radius 3 is 2.35 bits per heavy atom. The molecular formula is C12H25N3O2. The monoisotopic (exact) mass is 243 g/mol. The van der Waals surface area contributed by atoms with E-state index >= 15 is 0 Å². The molecule has 1 aliphatic heterocycles. The van der Waals surface area contributed by atoms with Gasteiger partial charge in [0.15, 0.2) is 0 Å². The van der Waals surface area contributed by atoms with Crippen molar-refractivity contribution >= 4 is 5.97 Å². The molecule has 0 radical (unpaired) electrons. The molecule has 1 rings (SSSR count). The molecule has 5 nitrogen and oxygen atoms in total. The van der Waals surface area contributed by atoms with E-state index in [1.54, 1.807) is 0 Å². The fraction of sp³-hybridized carbons (Fsp3) is 0.917. The van der Waals surface area contributed by atoms with Crippen LogP contribution in [0.1, 0.15) is 20.3 Å². The van der Waals surface area contributed by atoms with Gasteiger partial charge in [0.1, 0.15) is 6.04 Å². The third-order valence-corrected chi connectivity index (χ3v) is 3.40. The van der Waals surface area contributed by atoms with E-state index < -0.39 is 6.04 Å². The van der Waals surface area contributed by atoms with E-state index in [1.807, 2.05) is 0 Å². The average Bonchev–Trinajstić information content (AvgIpc) is 2.35. The Morgan fingerprint density at radius 1 is 1.29 bits per heavy atom. The zero-order valence-electron chi connectivity index (χ0n) is 11.2. The Bertz CT molecular complexity index is 238. The minimum atomic E-state index is -0.483. The summed E-state index contributed by atoms with van der Waals surface area (Å²) in [7, 11) is 1.38. The van der Waals surface area contributed by atoms with Gasteiger partial charge in [-0.25, -0.2) is 0 Å². The Kier molecular flexibility index (Phi) is 5.88. The molecular weight excluding hydrogens is 218 g/mol. The number of hydrogen-bond acceptors (Lipinski definition) is 5. The quantitative estimate of drug-likeness (QED) is 0.684. The van der Waals surface area contributed by atoms with Crippen molar-refractivity contribution in [2.45, 2.75) is 32.4 Å². The van der Waals surface area contributed by atoms with Crippen LogP contribution < -0.4 is 5.73 Å². The second kappa shape index (κ2) is 6.93. The summed E-state index contributed by atoms with van der Waals surface area (Å²) in [6.45, 7) is 9.66. The largest absolute Gasteiger partial charge is 0.468 e. The van der Waals surface area contributed by atoms with E-state index in [9.17, 15) is 4.79 Å². The molecule has 0 amide bonds. The highest BCUT2D eigenvalue weighted by atomic mass is 16.5. The van der Waals surface area contributed by atoms with Gasteiger partial charge in [-0.1, -0.05) is 0 Å². The van der Waals surface area contributed by atoms with Gasteiger partial charge in [0, 0.05) is 38.8 Å². The lowest BCUT2D eigenvalue weighted by Crippen LogP contribution is -2.49. The predicted molar refractivity (Wildman–Crippen MR) is 67.8 cm³/mol. The lowest BCUT2D eigenvalue weighted by molar-refractivity contribution is -0.142. The molecule has 0 aromatic heterocycles. The summed E-state index contributed by atoms with van der Waals surface area (Å²) >= 11 is 0. The van der Waals surface area contributed by atoms with Crippen molar-refractivity contribution in [1.82, 2.24) is 9.80 Å². The van der Waals surface area contributed by atoms with Crippen molar-refractivity contribution in [3.05, 3.63) is 0 Å². The first-order valence-electron chi connectivity index (χ1n) is 6.34. The molecule has 1 atom stereocenters. The van der Waals surface area contributed by atoms with Gasteiger partial charge in [-0.3, -0.25) is 9.69 Å². The van der Waals surface area contributed by atoms with Crippen LogP contribution in [0.4, 0.5) is 0 Å². The van der Waals surface area contributed by atoms with Crippen LogP contribution in [0.2, 0.25) is 0 Å². The van der Waals surface area contributed by atoms with Crippen LogP contribution in [0.25, 0.3) is 0 Å². The van der Waals surface area contributed by atoms with Gasteiger partial charge in [0.05, 0.1) is 7.11 Å². The van der Waals surface area contributed by atoms with E-state index in [0.717, 1.165) is 32.7 Å². The predicted octanol–water partition coefficient (Wildman–Crippen LogP) is -0.0972. The first kappa shape index (κ1) is 14.4. The molecule has 1 heterocycles. The molecule has 0 bridgehead atoms. The third kappa shape index (κ3) is 4.61. The minimum absolute atomic E-state index is 0.314. The number of nitrogens with zero attached hydrogens (tertiary/aromatic N) is 2. The molecule has 1 saturated heterocycles. The third-order valence-electron chi connectivity index (χ3n) is 3.40. The van der Waals surface area contributed by atoms with Gasteiger partial charge in [0.25, 0.3) is 0 Å². The number of ether oxygens (including phenoxy) is 1. The lowest BCUT2D eigenvalue weighted by Gasteiger charge is -2.37. The number of piperazine rings is 1. The second-order valence-electron chi connectivity index (χ2n) is 4.89. The molecule has 0 aliphatic carbocycles. The summed E-state index contributed by atoms with van der Waals surface area (Å²) in [5, 5.41) is 0. The molecule has 5 heteroatoms. The highest BCUT2D eigenvalue weighted by Crippen LogP contribution is 2.06. The molecule has 0 spiro atoms. The molecule has 0 aromatic rings. The van der Waals surface area contributed by atoms with Gasteiger partial charge >= 0.3 is 5.97 Å². The molecule has 1 fully saturated rings. The highest BCUT2D eigenvalue weighted by Gasteiger charge is 2.20. The Labute approximate surface area is 104 Å². The first-order valence-corrected chi connectivity index (χ1v) is 6.34. The molecule has 1 unspecified atom stereocenters. The summed E-state index contributed by atoms with van der Waals surface area (Å²) in [5.74, 6) is -0.314. The van der Waals surface area contributed by atoms with E-state index in [-0.39, 0.29) is 5.97 Å². The minimum Gasteiger partial charge on any atom is -0.468 e. The van der Waals surface area contributed by atoms with E-state index in [0.29, 0.717) is 12.5 Å². The maximum absolute atomic E-state index is 11.2. The summed E-state index contributed by atoms with van der Waals surface area (Å²) in [4.78, 5) is 16.0. The molecule has 2 N–H and O–H groups in total. The molecule has 1 aliphatic rings. The Hall–Kier alpha value is -0.650. The number of rotatable bonds is 5. The Balaban J connectivity index is 2.20. The van der Waals surface area contributed by atoms with Crippen LogP contribution in [-0.2, 0) is 9.53 Å². The smallest absolute Gasteiger partial charge is 0.322 e. The van der Waals surface area contributed by atoms with Crippen LogP contribution in [0.15, 0.2) is 0 Å². The summed E-state index contributed by atoms with van der Waals surface area (Å²) in [6.07, 6.45) is 0.675. The van der Waals surface area contributed by atoms with Crippen molar-refractivity contribution in [3.63, 3.8) is 0 Å². The van der Waals surface area contributed by atoms with Crippen molar-refractivity contribution in [1.29, 1.82) is 0 Å². The van der Waals surface area contributed by atoms with Crippen LogP contribution in [0, 0.1) is 0 Å². The van der Waals surface area contributed by atoms with Crippen LogP contribution in [-0.4, -0.2) is 67.7 Å². The van der Waals surface area contributed by atoms with Crippen molar-refractivity contribution in [3.8, 4) is 0 Å². The maximum Gasteiger partial charge on any atom is 0.322 e. The molecule has 17 heavy (non-hydrogen) atoms. The standard InChI is InChI=1S/C12H25N3O2/c1-10(2)15-8-6-14(7-9-15)5-4-11(13)12(16)17-3/h10-11H,4-9,13H2,1-3H3. The average molecular weight is 243 g/mol. The number of hydrogen-bond donors (Lipinski definition) is 1. The van der Waals surface area contributed by atoms with Crippen LogP contribution in [0.5, 0.6) is 0 Å².